The van der Waals surface area contributed by atoms with Crippen LogP contribution in [0.1, 0.15) is 31.1 Å². The van der Waals surface area contributed by atoms with Crippen LogP contribution in [0, 0.1) is 11.7 Å². The molecule has 1 atom stereocenters. The van der Waals surface area contributed by atoms with E-state index in [-0.39, 0.29) is 11.7 Å². The molecule has 0 spiro atoms. The Labute approximate surface area is 117 Å². The summed E-state index contributed by atoms with van der Waals surface area (Å²) in [4.78, 5) is 0. The van der Waals surface area contributed by atoms with E-state index in [0.29, 0.717) is 17.1 Å². The third kappa shape index (κ3) is 3.17. The standard InChI is InChI=1S/C15H17ClFNO/c1-10(2)15(19)11-6-7-18(8-11)9-12-13(16)4-3-5-14(12)17/h3-8,10,15,19H,9H2,1-2H3. The average Bonchev–Trinajstić information content (AvgIpc) is 2.81. The maximum absolute atomic E-state index is 13.7. The van der Waals surface area contributed by atoms with E-state index < -0.39 is 6.10 Å². The van der Waals surface area contributed by atoms with Gasteiger partial charge in [-0.2, -0.15) is 0 Å². The molecular weight excluding hydrogens is 265 g/mol. The quantitative estimate of drug-likeness (QED) is 0.900. The Morgan fingerprint density at radius 3 is 2.68 bits per heavy atom. The van der Waals surface area contributed by atoms with Gasteiger partial charge in [0.2, 0.25) is 0 Å². The fourth-order valence-corrected chi connectivity index (χ4v) is 2.21. The molecule has 0 bridgehead atoms. The van der Waals surface area contributed by atoms with Crippen LogP contribution in [0.25, 0.3) is 0 Å². The van der Waals surface area contributed by atoms with Crippen molar-refractivity contribution in [2.75, 3.05) is 0 Å². The minimum absolute atomic E-state index is 0.146. The second-order valence-corrected chi connectivity index (χ2v) is 5.41. The number of halogens is 2. The van der Waals surface area contributed by atoms with E-state index in [2.05, 4.69) is 0 Å². The Bertz CT molecular complexity index is 545. The molecule has 0 radical (unpaired) electrons. The van der Waals surface area contributed by atoms with Crippen LogP contribution in [0.3, 0.4) is 0 Å². The maximum Gasteiger partial charge on any atom is 0.129 e. The summed E-state index contributed by atoms with van der Waals surface area (Å²) >= 11 is 6.00. The summed E-state index contributed by atoms with van der Waals surface area (Å²) in [5.74, 6) is -0.167. The van der Waals surface area contributed by atoms with Gasteiger partial charge in [-0.15, -0.1) is 0 Å². The molecule has 0 aliphatic heterocycles. The van der Waals surface area contributed by atoms with Gasteiger partial charge in [0.1, 0.15) is 5.82 Å². The number of rotatable bonds is 4. The highest BCUT2D eigenvalue weighted by atomic mass is 35.5. The van der Waals surface area contributed by atoms with Gasteiger partial charge in [-0.05, 0) is 29.7 Å². The topological polar surface area (TPSA) is 25.2 Å². The Hall–Kier alpha value is -1.32. The third-order valence-corrected chi connectivity index (χ3v) is 3.50. The van der Waals surface area contributed by atoms with Gasteiger partial charge in [0.05, 0.1) is 12.6 Å². The lowest BCUT2D eigenvalue weighted by Gasteiger charge is -2.12. The van der Waals surface area contributed by atoms with Crippen LogP contribution >= 0.6 is 11.6 Å². The van der Waals surface area contributed by atoms with E-state index in [0.717, 1.165) is 5.56 Å². The predicted octanol–water partition coefficient (Wildman–Crippen LogP) is 4.02. The van der Waals surface area contributed by atoms with Crippen molar-refractivity contribution in [2.45, 2.75) is 26.5 Å². The molecule has 102 valence electrons. The third-order valence-electron chi connectivity index (χ3n) is 3.15. The summed E-state index contributed by atoms with van der Waals surface area (Å²) in [5.41, 5.74) is 1.30. The van der Waals surface area contributed by atoms with Gasteiger partial charge in [-0.3, -0.25) is 0 Å². The second-order valence-electron chi connectivity index (χ2n) is 5.01. The Morgan fingerprint density at radius 1 is 1.32 bits per heavy atom. The normalized spacial score (nSPS) is 12.9. The number of aliphatic hydroxyl groups is 1. The second kappa shape index (κ2) is 5.76. The lowest BCUT2D eigenvalue weighted by molar-refractivity contribution is 0.127. The molecule has 0 saturated carbocycles. The van der Waals surface area contributed by atoms with Crippen molar-refractivity contribution < 1.29 is 9.50 Å². The van der Waals surface area contributed by atoms with E-state index >= 15 is 0 Å². The van der Waals surface area contributed by atoms with Gasteiger partial charge in [0.25, 0.3) is 0 Å². The fourth-order valence-electron chi connectivity index (χ4n) is 1.98. The van der Waals surface area contributed by atoms with Crippen molar-refractivity contribution >= 4 is 11.6 Å². The molecule has 4 heteroatoms. The molecule has 1 heterocycles. The van der Waals surface area contributed by atoms with E-state index in [9.17, 15) is 9.50 Å². The van der Waals surface area contributed by atoms with Gasteiger partial charge in [-0.1, -0.05) is 31.5 Å². The fraction of sp³-hybridized carbons (Fsp3) is 0.333. The molecule has 0 saturated heterocycles. The smallest absolute Gasteiger partial charge is 0.129 e. The number of benzene rings is 1. The molecular formula is C15H17ClFNO. The molecule has 2 aromatic rings. The van der Waals surface area contributed by atoms with Crippen LogP contribution < -0.4 is 0 Å². The molecule has 0 fully saturated rings. The summed E-state index contributed by atoms with van der Waals surface area (Å²) in [5, 5.41) is 10.4. The number of hydrogen-bond acceptors (Lipinski definition) is 1. The number of aliphatic hydroxyl groups excluding tert-OH is 1. The number of hydrogen-bond donors (Lipinski definition) is 1. The molecule has 19 heavy (non-hydrogen) atoms. The van der Waals surface area contributed by atoms with E-state index in [4.69, 9.17) is 11.6 Å². The molecule has 1 unspecified atom stereocenters. The first-order chi connectivity index (χ1) is 8.99. The first-order valence-electron chi connectivity index (χ1n) is 6.25. The monoisotopic (exact) mass is 281 g/mol. The van der Waals surface area contributed by atoms with Crippen LogP contribution in [0.15, 0.2) is 36.7 Å². The highest BCUT2D eigenvalue weighted by Crippen LogP contribution is 2.24. The molecule has 1 aromatic carbocycles. The van der Waals surface area contributed by atoms with Gasteiger partial charge in [-0.25, -0.2) is 4.39 Å². The van der Waals surface area contributed by atoms with Crippen LogP contribution in [0.2, 0.25) is 5.02 Å². The molecule has 0 amide bonds. The number of nitrogens with zero attached hydrogens (tertiary/aromatic N) is 1. The molecule has 2 rings (SSSR count). The molecule has 0 aliphatic carbocycles. The van der Waals surface area contributed by atoms with Crippen molar-refractivity contribution in [3.8, 4) is 0 Å². The lowest BCUT2D eigenvalue weighted by Crippen LogP contribution is -2.05. The zero-order chi connectivity index (χ0) is 14.0. The SMILES string of the molecule is CC(C)C(O)c1ccn(Cc2c(F)cccc2Cl)c1. The van der Waals surface area contributed by atoms with Crippen molar-refractivity contribution in [3.05, 3.63) is 58.6 Å². The minimum Gasteiger partial charge on any atom is -0.388 e. The van der Waals surface area contributed by atoms with Crippen molar-refractivity contribution in [2.24, 2.45) is 5.92 Å². The van der Waals surface area contributed by atoms with Crippen molar-refractivity contribution in [1.29, 1.82) is 0 Å². The van der Waals surface area contributed by atoms with E-state index in [1.807, 2.05) is 36.9 Å². The average molecular weight is 282 g/mol. The summed E-state index contributed by atoms with van der Waals surface area (Å²) in [6, 6.07) is 6.51. The van der Waals surface area contributed by atoms with Crippen molar-refractivity contribution in [1.82, 2.24) is 4.57 Å². The van der Waals surface area contributed by atoms with Crippen molar-refractivity contribution in [3.63, 3.8) is 0 Å². The highest BCUT2D eigenvalue weighted by Gasteiger charge is 2.14. The van der Waals surface area contributed by atoms with Gasteiger partial charge in [0, 0.05) is 23.0 Å². The highest BCUT2D eigenvalue weighted by molar-refractivity contribution is 6.31. The van der Waals surface area contributed by atoms with Crippen LogP contribution in [-0.4, -0.2) is 9.67 Å². The van der Waals surface area contributed by atoms with Gasteiger partial charge >= 0.3 is 0 Å². The summed E-state index contributed by atoms with van der Waals surface area (Å²) < 4.78 is 15.5. The predicted molar refractivity (Wildman–Crippen MR) is 74.7 cm³/mol. The van der Waals surface area contributed by atoms with Gasteiger partial charge < -0.3 is 9.67 Å². The zero-order valence-corrected chi connectivity index (χ0v) is 11.7. The molecule has 1 N–H and O–H groups in total. The number of aromatic nitrogens is 1. The minimum atomic E-state index is -0.502. The largest absolute Gasteiger partial charge is 0.388 e. The van der Waals surface area contributed by atoms with Crippen LogP contribution in [-0.2, 0) is 6.54 Å². The van der Waals surface area contributed by atoms with Gasteiger partial charge in [0.15, 0.2) is 0 Å². The first-order valence-corrected chi connectivity index (χ1v) is 6.63. The Kier molecular flexibility index (Phi) is 4.27. The van der Waals surface area contributed by atoms with E-state index in [1.165, 1.54) is 6.07 Å². The maximum atomic E-state index is 13.7. The molecule has 2 nitrogen and oxygen atoms in total. The summed E-state index contributed by atoms with van der Waals surface area (Å²) in [6.45, 7) is 4.27. The summed E-state index contributed by atoms with van der Waals surface area (Å²) in [6.07, 6.45) is 3.15. The van der Waals surface area contributed by atoms with Crippen LogP contribution in [0.4, 0.5) is 4.39 Å². The van der Waals surface area contributed by atoms with Crippen LogP contribution in [0.5, 0.6) is 0 Å². The molecule has 0 aliphatic rings. The Morgan fingerprint density at radius 2 is 2.05 bits per heavy atom. The zero-order valence-electron chi connectivity index (χ0n) is 11.0. The van der Waals surface area contributed by atoms with E-state index in [1.54, 1.807) is 12.1 Å². The lowest BCUT2D eigenvalue weighted by atomic mass is 10.0. The summed E-state index contributed by atoms with van der Waals surface area (Å²) in [7, 11) is 0. The molecule has 1 aromatic heterocycles. The Balaban J connectivity index is 2.21. The first kappa shape index (κ1) is 14.1.